The Morgan fingerprint density at radius 2 is 1.84 bits per heavy atom. The third-order valence-corrected chi connectivity index (χ3v) is 4.60. The second kappa shape index (κ2) is 7.50. The van der Waals surface area contributed by atoms with E-state index in [-0.39, 0.29) is 5.91 Å². The van der Waals surface area contributed by atoms with Crippen LogP contribution in [0.25, 0.3) is 10.6 Å². The highest BCUT2D eigenvalue weighted by molar-refractivity contribution is 7.18. The summed E-state index contributed by atoms with van der Waals surface area (Å²) in [7, 11) is 3.05. The summed E-state index contributed by atoms with van der Waals surface area (Å²) in [5.74, 6) is 0.711. The van der Waals surface area contributed by atoms with Crippen molar-refractivity contribution in [3.8, 4) is 22.1 Å². The molecule has 0 aliphatic carbocycles. The lowest BCUT2D eigenvalue weighted by Crippen LogP contribution is -2.11. The minimum atomic E-state index is -0.317. The summed E-state index contributed by atoms with van der Waals surface area (Å²) in [6.45, 7) is 0. The summed E-state index contributed by atoms with van der Waals surface area (Å²) in [6, 6.07) is 12.2. The van der Waals surface area contributed by atoms with Crippen molar-refractivity contribution in [3.05, 3.63) is 53.1 Å². The first-order valence-corrected chi connectivity index (χ1v) is 8.43. The number of halogens is 1. The minimum absolute atomic E-state index is 0.317. The van der Waals surface area contributed by atoms with Gasteiger partial charge < -0.3 is 9.47 Å². The number of amides is 1. The number of ether oxygens (including phenoxy) is 2. The number of nitrogens with one attached hydrogen (secondary N) is 1. The van der Waals surface area contributed by atoms with Gasteiger partial charge in [-0.3, -0.25) is 10.1 Å². The van der Waals surface area contributed by atoms with Crippen molar-refractivity contribution in [3.63, 3.8) is 0 Å². The fraction of sp³-hybridized carbons (Fsp3) is 0.118. The molecule has 1 aromatic heterocycles. The van der Waals surface area contributed by atoms with Gasteiger partial charge in [-0.05, 0) is 24.3 Å². The Bertz CT molecular complexity index is 914. The van der Waals surface area contributed by atoms with Crippen molar-refractivity contribution in [2.45, 2.75) is 0 Å². The normalized spacial score (nSPS) is 10.4. The van der Waals surface area contributed by atoms with Crippen LogP contribution in [-0.4, -0.2) is 30.3 Å². The van der Waals surface area contributed by atoms with E-state index in [2.05, 4.69) is 15.5 Å². The molecule has 1 N–H and O–H groups in total. The number of nitrogens with zero attached hydrogens (tertiary/aromatic N) is 2. The van der Waals surface area contributed by atoms with Crippen molar-refractivity contribution >= 4 is 34.0 Å². The molecular weight excluding hydrogens is 362 g/mol. The average Bonchev–Trinajstić information content (AvgIpc) is 3.09. The molecule has 128 valence electrons. The predicted molar refractivity (Wildman–Crippen MR) is 97.9 cm³/mol. The zero-order valence-electron chi connectivity index (χ0n) is 13.4. The zero-order valence-corrected chi connectivity index (χ0v) is 15.0. The molecule has 3 rings (SSSR count). The van der Waals surface area contributed by atoms with Crippen molar-refractivity contribution in [2.75, 3.05) is 19.5 Å². The smallest absolute Gasteiger partial charge is 0.257 e. The van der Waals surface area contributed by atoms with Crippen LogP contribution < -0.4 is 14.8 Å². The highest BCUT2D eigenvalue weighted by Gasteiger charge is 2.14. The van der Waals surface area contributed by atoms with E-state index in [1.165, 1.54) is 25.6 Å². The Balaban J connectivity index is 1.79. The maximum atomic E-state index is 12.4. The lowest BCUT2D eigenvalue weighted by atomic mass is 10.2. The van der Waals surface area contributed by atoms with Crippen LogP contribution in [0.15, 0.2) is 42.5 Å². The molecule has 0 aliphatic heterocycles. The number of anilines is 1. The topological polar surface area (TPSA) is 73.3 Å². The summed E-state index contributed by atoms with van der Waals surface area (Å²) in [5, 5.41) is 12.4. The first kappa shape index (κ1) is 17.2. The molecule has 0 atom stereocenters. The number of methoxy groups -OCH3 is 2. The highest BCUT2D eigenvalue weighted by atomic mass is 35.5. The van der Waals surface area contributed by atoms with Crippen LogP contribution in [-0.2, 0) is 0 Å². The van der Waals surface area contributed by atoms with E-state index < -0.39 is 0 Å². The summed E-state index contributed by atoms with van der Waals surface area (Å²) in [6.07, 6.45) is 0. The summed E-state index contributed by atoms with van der Waals surface area (Å²) >= 11 is 7.40. The fourth-order valence-corrected chi connectivity index (χ4v) is 3.22. The first-order chi connectivity index (χ1) is 12.1. The van der Waals surface area contributed by atoms with Gasteiger partial charge in [0.25, 0.3) is 5.91 Å². The number of carbonyl (C=O) groups is 1. The maximum absolute atomic E-state index is 12.4. The van der Waals surface area contributed by atoms with Crippen molar-refractivity contribution < 1.29 is 14.3 Å². The van der Waals surface area contributed by atoms with E-state index in [9.17, 15) is 4.79 Å². The Morgan fingerprint density at radius 3 is 2.56 bits per heavy atom. The van der Waals surface area contributed by atoms with E-state index >= 15 is 0 Å². The molecular formula is C17H14ClN3O3S. The van der Waals surface area contributed by atoms with Gasteiger partial charge in [-0.1, -0.05) is 41.1 Å². The number of aromatic nitrogens is 2. The van der Waals surface area contributed by atoms with Gasteiger partial charge in [0, 0.05) is 11.1 Å². The van der Waals surface area contributed by atoms with Crippen LogP contribution in [0.3, 0.4) is 0 Å². The molecule has 0 radical (unpaired) electrons. The van der Waals surface area contributed by atoms with Crippen LogP contribution >= 0.6 is 22.9 Å². The third-order valence-electron chi connectivity index (χ3n) is 3.40. The van der Waals surface area contributed by atoms with Gasteiger partial charge in [-0.25, -0.2) is 0 Å². The lowest BCUT2D eigenvalue weighted by Gasteiger charge is -2.08. The average molecular weight is 376 g/mol. The SMILES string of the molecule is COc1ccc(C(=O)Nc2nnc(-c3ccccc3Cl)s2)cc1OC. The van der Waals surface area contributed by atoms with E-state index in [1.807, 2.05) is 18.2 Å². The van der Waals surface area contributed by atoms with E-state index in [0.29, 0.717) is 32.2 Å². The lowest BCUT2D eigenvalue weighted by molar-refractivity contribution is 0.102. The number of rotatable bonds is 5. The molecule has 25 heavy (non-hydrogen) atoms. The number of hydrogen-bond donors (Lipinski definition) is 1. The van der Waals surface area contributed by atoms with Crippen LogP contribution in [0.1, 0.15) is 10.4 Å². The Labute approximate surface area is 153 Å². The molecule has 2 aromatic carbocycles. The largest absolute Gasteiger partial charge is 0.493 e. The van der Waals surface area contributed by atoms with Gasteiger partial charge in [-0.2, -0.15) is 0 Å². The number of hydrogen-bond acceptors (Lipinski definition) is 6. The van der Waals surface area contributed by atoms with E-state index in [1.54, 1.807) is 24.3 Å². The fourth-order valence-electron chi connectivity index (χ4n) is 2.16. The quantitative estimate of drug-likeness (QED) is 0.725. The molecule has 0 bridgehead atoms. The molecule has 0 unspecified atom stereocenters. The minimum Gasteiger partial charge on any atom is -0.493 e. The molecule has 0 saturated carbocycles. The molecule has 1 amide bonds. The van der Waals surface area contributed by atoms with Gasteiger partial charge in [0.2, 0.25) is 5.13 Å². The second-order valence-electron chi connectivity index (χ2n) is 4.92. The van der Waals surface area contributed by atoms with Crippen LogP contribution in [0.5, 0.6) is 11.5 Å². The molecule has 6 nitrogen and oxygen atoms in total. The Morgan fingerprint density at radius 1 is 1.08 bits per heavy atom. The summed E-state index contributed by atoms with van der Waals surface area (Å²) < 4.78 is 10.4. The van der Waals surface area contributed by atoms with Gasteiger partial charge in [0.05, 0.1) is 19.2 Å². The monoisotopic (exact) mass is 375 g/mol. The van der Waals surface area contributed by atoms with E-state index in [4.69, 9.17) is 21.1 Å². The van der Waals surface area contributed by atoms with E-state index in [0.717, 1.165) is 5.56 Å². The van der Waals surface area contributed by atoms with Gasteiger partial charge >= 0.3 is 0 Å². The second-order valence-corrected chi connectivity index (χ2v) is 6.30. The third kappa shape index (κ3) is 3.72. The molecule has 0 spiro atoms. The first-order valence-electron chi connectivity index (χ1n) is 7.24. The van der Waals surface area contributed by atoms with Crippen LogP contribution in [0.2, 0.25) is 5.02 Å². The van der Waals surface area contributed by atoms with Crippen LogP contribution in [0, 0.1) is 0 Å². The maximum Gasteiger partial charge on any atom is 0.257 e. The molecule has 0 fully saturated rings. The van der Waals surface area contributed by atoms with Gasteiger partial charge in [-0.15, -0.1) is 10.2 Å². The molecule has 0 aliphatic rings. The Kier molecular flexibility index (Phi) is 5.16. The molecule has 0 saturated heterocycles. The van der Waals surface area contributed by atoms with Gasteiger partial charge in [0.1, 0.15) is 0 Å². The summed E-state index contributed by atoms with van der Waals surface area (Å²) in [5.41, 5.74) is 1.19. The number of carbonyl (C=O) groups excluding carboxylic acids is 1. The summed E-state index contributed by atoms with van der Waals surface area (Å²) in [4.78, 5) is 12.4. The predicted octanol–water partition coefficient (Wildman–Crippen LogP) is 4.13. The molecule has 3 aromatic rings. The zero-order chi connectivity index (χ0) is 17.8. The highest BCUT2D eigenvalue weighted by Crippen LogP contribution is 2.32. The van der Waals surface area contributed by atoms with Gasteiger partial charge in [0.15, 0.2) is 16.5 Å². The Hall–Kier alpha value is -2.64. The van der Waals surface area contributed by atoms with Crippen molar-refractivity contribution in [1.29, 1.82) is 0 Å². The number of benzene rings is 2. The van der Waals surface area contributed by atoms with Crippen molar-refractivity contribution in [2.24, 2.45) is 0 Å². The van der Waals surface area contributed by atoms with Crippen LogP contribution in [0.4, 0.5) is 5.13 Å². The molecule has 1 heterocycles. The standard InChI is InChI=1S/C17H14ClN3O3S/c1-23-13-8-7-10(9-14(13)24-2)15(22)19-17-21-20-16(25-17)11-5-3-4-6-12(11)18/h3-9H,1-2H3,(H,19,21,22). The van der Waals surface area contributed by atoms with Crippen molar-refractivity contribution in [1.82, 2.24) is 10.2 Å². The molecule has 8 heteroatoms.